The lowest BCUT2D eigenvalue weighted by Crippen LogP contribution is -2.54. The van der Waals surface area contributed by atoms with E-state index in [0.29, 0.717) is 12.2 Å². The van der Waals surface area contributed by atoms with E-state index in [2.05, 4.69) is 46.4 Å². The molecule has 0 aromatic rings. The van der Waals surface area contributed by atoms with Gasteiger partial charge in [0.05, 0.1) is 23.3 Å². The molecule has 0 aromatic heterocycles. The number of fused-ring (bicyclic) bond motifs is 2. The summed E-state index contributed by atoms with van der Waals surface area (Å²) in [4.78, 5) is 15.0. The minimum atomic E-state index is -0.225. The van der Waals surface area contributed by atoms with Gasteiger partial charge in [-0.3, -0.25) is 9.69 Å². The first-order valence-electron chi connectivity index (χ1n) is 8.65. The van der Waals surface area contributed by atoms with Gasteiger partial charge in [0.25, 0.3) is 0 Å². The minimum Gasteiger partial charge on any atom is -0.369 e. The molecule has 3 aliphatic rings. The third-order valence-electron chi connectivity index (χ3n) is 5.02. The van der Waals surface area contributed by atoms with Crippen molar-refractivity contribution in [3.8, 4) is 0 Å². The van der Waals surface area contributed by atoms with Crippen molar-refractivity contribution in [3.63, 3.8) is 0 Å². The predicted octanol–water partition coefficient (Wildman–Crippen LogP) is 2.79. The lowest BCUT2D eigenvalue weighted by Gasteiger charge is -2.40. The maximum atomic E-state index is 12.5. The Labute approximate surface area is 134 Å². The minimum absolute atomic E-state index is 0.00836. The molecule has 2 heterocycles. The van der Waals surface area contributed by atoms with E-state index < -0.39 is 0 Å². The Morgan fingerprint density at radius 2 is 1.64 bits per heavy atom. The molecule has 0 unspecified atom stereocenters. The average Bonchev–Trinajstić information content (AvgIpc) is 3.04. The summed E-state index contributed by atoms with van der Waals surface area (Å²) in [6.07, 6.45) is 2.79. The summed E-state index contributed by atoms with van der Waals surface area (Å²) in [5, 5.41) is 0. The van der Waals surface area contributed by atoms with E-state index in [4.69, 9.17) is 9.47 Å². The van der Waals surface area contributed by atoms with Gasteiger partial charge in [-0.05, 0) is 54.4 Å². The highest BCUT2D eigenvalue weighted by Crippen LogP contribution is 2.57. The molecule has 0 amide bonds. The first-order chi connectivity index (χ1) is 10.0. The van der Waals surface area contributed by atoms with Gasteiger partial charge < -0.3 is 9.47 Å². The van der Waals surface area contributed by atoms with Gasteiger partial charge in [0.2, 0.25) is 0 Å². The van der Waals surface area contributed by atoms with E-state index in [1.165, 1.54) is 0 Å². The summed E-state index contributed by atoms with van der Waals surface area (Å²) in [6, 6.07) is 0.209. The molecule has 4 nitrogen and oxygen atoms in total. The van der Waals surface area contributed by atoms with E-state index >= 15 is 0 Å². The zero-order valence-electron chi connectivity index (χ0n) is 14.9. The molecule has 0 radical (unpaired) electrons. The third-order valence-corrected chi connectivity index (χ3v) is 5.02. The second-order valence-corrected chi connectivity index (χ2v) is 9.23. The molecule has 0 aromatic carbocycles. The van der Waals surface area contributed by atoms with Gasteiger partial charge in [-0.2, -0.15) is 0 Å². The predicted molar refractivity (Wildman–Crippen MR) is 85.9 cm³/mol. The molecule has 1 spiro atoms. The van der Waals surface area contributed by atoms with Crippen LogP contribution in [0.25, 0.3) is 0 Å². The fourth-order valence-electron chi connectivity index (χ4n) is 4.23. The van der Waals surface area contributed by atoms with Crippen molar-refractivity contribution in [2.24, 2.45) is 5.41 Å². The zero-order valence-corrected chi connectivity index (χ0v) is 14.9. The number of carbonyl (C=O) groups is 1. The van der Waals surface area contributed by atoms with Gasteiger partial charge in [0.1, 0.15) is 11.9 Å². The average molecular weight is 309 g/mol. The zero-order chi connectivity index (χ0) is 16.3. The van der Waals surface area contributed by atoms with Crippen molar-refractivity contribution < 1.29 is 14.3 Å². The van der Waals surface area contributed by atoms with Crippen LogP contribution in [0.4, 0.5) is 0 Å². The Hall–Kier alpha value is -0.450. The number of hydrogen-bond acceptors (Lipinski definition) is 4. The highest BCUT2D eigenvalue weighted by molar-refractivity contribution is 5.89. The molecule has 1 saturated carbocycles. The molecule has 126 valence electrons. The van der Waals surface area contributed by atoms with Crippen LogP contribution in [0.2, 0.25) is 0 Å². The van der Waals surface area contributed by atoms with Crippen LogP contribution in [0.15, 0.2) is 0 Å². The summed E-state index contributed by atoms with van der Waals surface area (Å²) in [7, 11) is 0. The number of ketones is 1. The second kappa shape index (κ2) is 5.02. The van der Waals surface area contributed by atoms with Gasteiger partial charge in [0, 0.05) is 24.9 Å². The maximum absolute atomic E-state index is 12.5. The molecule has 3 rings (SSSR count). The number of carbonyl (C=O) groups excluding carboxylic acids is 1. The van der Waals surface area contributed by atoms with Crippen molar-refractivity contribution in [1.82, 2.24) is 4.90 Å². The Morgan fingerprint density at radius 3 is 2.14 bits per heavy atom. The molecular weight excluding hydrogens is 278 g/mol. The van der Waals surface area contributed by atoms with E-state index in [1.54, 1.807) is 0 Å². The Kier molecular flexibility index (Phi) is 3.75. The summed E-state index contributed by atoms with van der Waals surface area (Å²) >= 11 is 0. The first kappa shape index (κ1) is 16.4. The van der Waals surface area contributed by atoms with Crippen LogP contribution < -0.4 is 0 Å². The fourth-order valence-corrected chi connectivity index (χ4v) is 4.23. The largest absolute Gasteiger partial charge is 0.369 e. The van der Waals surface area contributed by atoms with E-state index in [-0.39, 0.29) is 34.9 Å². The molecule has 0 bridgehead atoms. The van der Waals surface area contributed by atoms with Crippen molar-refractivity contribution in [1.29, 1.82) is 0 Å². The van der Waals surface area contributed by atoms with E-state index in [0.717, 1.165) is 25.9 Å². The van der Waals surface area contributed by atoms with Gasteiger partial charge in [0.15, 0.2) is 0 Å². The number of hydrogen-bond donors (Lipinski definition) is 0. The molecule has 22 heavy (non-hydrogen) atoms. The monoisotopic (exact) mass is 309 g/mol. The third kappa shape index (κ3) is 2.98. The lowest BCUT2D eigenvalue weighted by molar-refractivity contribution is -0.161. The van der Waals surface area contributed by atoms with Crippen LogP contribution in [-0.4, -0.2) is 53.2 Å². The summed E-state index contributed by atoms with van der Waals surface area (Å²) in [6.45, 7) is 14.3. The van der Waals surface area contributed by atoms with Crippen LogP contribution in [0, 0.1) is 5.41 Å². The Bertz CT molecular complexity index is 456. The molecule has 1 aliphatic carbocycles. The summed E-state index contributed by atoms with van der Waals surface area (Å²) in [5.74, 6) is 0.452. The Morgan fingerprint density at radius 1 is 1.05 bits per heavy atom. The van der Waals surface area contributed by atoms with Crippen LogP contribution in [0.5, 0.6) is 0 Å². The number of piperidine rings is 1. The smallest absolute Gasteiger partial charge is 0.141 e. The summed E-state index contributed by atoms with van der Waals surface area (Å²) in [5.41, 5.74) is -0.555. The quantitative estimate of drug-likeness (QED) is 0.786. The van der Waals surface area contributed by atoms with Gasteiger partial charge in [-0.15, -0.1) is 0 Å². The van der Waals surface area contributed by atoms with E-state index in [9.17, 15) is 4.79 Å². The Balaban J connectivity index is 1.88. The lowest BCUT2D eigenvalue weighted by atomic mass is 9.83. The molecule has 3 atom stereocenters. The van der Waals surface area contributed by atoms with Gasteiger partial charge >= 0.3 is 0 Å². The van der Waals surface area contributed by atoms with Gasteiger partial charge in [-0.1, -0.05) is 0 Å². The van der Waals surface area contributed by atoms with Crippen LogP contribution in [0.3, 0.4) is 0 Å². The normalized spacial score (nSPS) is 35.0. The molecule has 0 N–H and O–H groups in total. The molecule has 4 heteroatoms. The summed E-state index contributed by atoms with van der Waals surface area (Å²) < 4.78 is 12.8. The number of nitrogens with zero attached hydrogens (tertiary/aromatic N) is 1. The van der Waals surface area contributed by atoms with Crippen LogP contribution in [0.1, 0.15) is 60.8 Å². The van der Waals surface area contributed by atoms with Crippen molar-refractivity contribution in [2.45, 2.75) is 90.3 Å². The van der Waals surface area contributed by atoms with E-state index in [1.807, 2.05) is 0 Å². The molecular formula is C18H31NO3. The molecule has 3 fully saturated rings. The van der Waals surface area contributed by atoms with Crippen molar-refractivity contribution >= 4 is 5.78 Å². The van der Waals surface area contributed by atoms with Crippen LogP contribution >= 0.6 is 0 Å². The second-order valence-electron chi connectivity index (χ2n) is 9.23. The highest BCUT2D eigenvalue weighted by Gasteiger charge is 2.65. The molecule has 2 aliphatic heterocycles. The topological polar surface area (TPSA) is 38.8 Å². The number of rotatable bonds is 2. The van der Waals surface area contributed by atoms with Crippen molar-refractivity contribution in [3.05, 3.63) is 0 Å². The van der Waals surface area contributed by atoms with Crippen molar-refractivity contribution in [2.75, 3.05) is 13.1 Å². The standard InChI is InChI=1S/C18H31NO3/c1-16(2,3)21-12-11-19-10-7-13(20)18(8-9-18)15(19)14(12)22-17(4,5)6/h12,14-15H,7-11H2,1-6H3/t12-,14+,15+/m1/s1. The number of ether oxygens (including phenoxy) is 2. The highest BCUT2D eigenvalue weighted by atomic mass is 16.6. The molecule has 2 saturated heterocycles. The maximum Gasteiger partial charge on any atom is 0.141 e. The fraction of sp³-hybridized carbons (Fsp3) is 0.944. The SMILES string of the molecule is CC(C)(C)O[C@@H]1[C@@H]2N(CCC(=O)C23CC3)C[C@H]1OC(C)(C)C. The van der Waals surface area contributed by atoms with Gasteiger partial charge in [-0.25, -0.2) is 0 Å². The first-order valence-corrected chi connectivity index (χ1v) is 8.65. The number of Topliss-reactive ketones (excluding diaryl/α,β-unsaturated/α-hetero) is 1. The van der Waals surface area contributed by atoms with Crippen LogP contribution in [-0.2, 0) is 14.3 Å².